The van der Waals surface area contributed by atoms with Crippen molar-refractivity contribution < 1.29 is 29.1 Å². The number of aromatic nitrogens is 1. The van der Waals surface area contributed by atoms with Gasteiger partial charge in [0.1, 0.15) is 5.75 Å². The number of hydroxylamine groups is 2. The number of imide groups is 1. The second-order valence-corrected chi connectivity index (χ2v) is 9.96. The van der Waals surface area contributed by atoms with E-state index in [0.717, 1.165) is 42.2 Å². The zero-order chi connectivity index (χ0) is 26.8. The van der Waals surface area contributed by atoms with Gasteiger partial charge < -0.3 is 15.0 Å². The predicted octanol–water partition coefficient (Wildman–Crippen LogP) is 2.88. The Hall–Kier alpha value is -3.09. The molecule has 11 nitrogen and oxygen atoms in total. The molecule has 0 unspecified atom stereocenters. The molecule has 1 aliphatic heterocycles. The number of hydrogen-bond donors (Lipinski definition) is 2. The topological polar surface area (TPSA) is 132 Å². The van der Waals surface area contributed by atoms with E-state index in [-0.39, 0.29) is 29.8 Å². The predicted molar refractivity (Wildman–Crippen MR) is 139 cm³/mol. The number of piperazine rings is 1. The van der Waals surface area contributed by atoms with E-state index < -0.39 is 11.8 Å². The van der Waals surface area contributed by atoms with Gasteiger partial charge in [0.15, 0.2) is 5.13 Å². The molecule has 0 aliphatic carbocycles. The van der Waals surface area contributed by atoms with E-state index in [1.165, 1.54) is 11.3 Å². The number of rotatable bonds is 12. The van der Waals surface area contributed by atoms with Gasteiger partial charge in [-0.05, 0) is 31.9 Å². The summed E-state index contributed by atoms with van der Waals surface area (Å²) in [5, 5.41) is 12.8. The monoisotopic (exact) mass is 533 g/mol. The molecule has 202 valence electrons. The SMILES string of the molecule is CCOc1ccc2sc(NC(=O)CN3CCN(C(=O)CCCCCCC(=O)N(O)C(C)=O)CC3)nc2c1. The number of carbonyl (C=O) groups excluding carboxylic acids is 4. The van der Waals surface area contributed by atoms with Crippen molar-refractivity contribution in [2.24, 2.45) is 0 Å². The van der Waals surface area contributed by atoms with Crippen LogP contribution >= 0.6 is 11.3 Å². The van der Waals surface area contributed by atoms with Crippen molar-refractivity contribution in [3.8, 4) is 5.75 Å². The van der Waals surface area contributed by atoms with E-state index >= 15 is 0 Å². The summed E-state index contributed by atoms with van der Waals surface area (Å²) in [6.07, 6.45) is 3.37. The maximum absolute atomic E-state index is 12.5. The molecule has 0 radical (unpaired) electrons. The number of fused-ring (bicyclic) bond motifs is 1. The number of unbranched alkanes of at least 4 members (excludes halogenated alkanes) is 3. The summed E-state index contributed by atoms with van der Waals surface area (Å²) in [6, 6.07) is 5.69. The van der Waals surface area contributed by atoms with E-state index in [4.69, 9.17) is 4.74 Å². The van der Waals surface area contributed by atoms with Crippen LogP contribution in [-0.4, -0.2) is 88.0 Å². The summed E-state index contributed by atoms with van der Waals surface area (Å²) in [7, 11) is 0. The van der Waals surface area contributed by atoms with Crippen LogP contribution in [0.1, 0.15) is 52.4 Å². The van der Waals surface area contributed by atoms with Gasteiger partial charge in [0.2, 0.25) is 17.7 Å². The highest BCUT2D eigenvalue weighted by Gasteiger charge is 2.22. The zero-order valence-corrected chi connectivity index (χ0v) is 22.2. The molecule has 37 heavy (non-hydrogen) atoms. The summed E-state index contributed by atoms with van der Waals surface area (Å²) in [5.41, 5.74) is 0.789. The van der Waals surface area contributed by atoms with Crippen LogP contribution in [0, 0.1) is 0 Å². The molecule has 0 spiro atoms. The number of thiazole rings is 1. The largest absolute Gasteiger partial charge is 0.494 e. The van der Waals surface area contributed by atoms with Crippen LogP contribution in [-0.2, 0) is 19.2 Å². The van der Waals surface area contributed by atoms with Gasteiger partial charge in [0.05, 0.1) is 23.4 Å². The molecule has 1 aromatic carbocycles. The molecule has 1 saturated heterocycles. The molecular weight excluding hydrogens is 498 g/mol. The van der Waals surface area contributed by atoms with Crippen LogP contribution < -0.4 is 10.1 Å². The lowest BCUT2D eigenvalue weighted by atomic mass is 10.1. The zero-order valence-electron chi connectivity index (χ0n) is 21.4. The lowest BCUT2D eigenvalue weighted by Crippen LogP contribution is -2.50. The minimum Gasteiger partial charge on any atom is -0.494 e. The molecule has 0 saturated carbocycles. The molecule has 0 atom stereocenters. The third-order valence-corrected chi connectivity index (χ3v) is 7.03. The second-order valence-electron chi connectivity index (χ2n) is 8.93. The van der Waals surface area contributed by atoms with Crippen molar-refractivity contribution in [2.75, 3.05) is 44.6 Å². The molecule has 12 heteroatoms. The molecule has 0 bridgehead atoms. The van der Waals surface area contributed by atoms with Crippen LogP contribution in [0.4, 0.5) is 5.13 Å². The van der Waals surface area contributed by atoms with Crippen molar-refractivity contribution in [2.45, 2.75) is 52.4 Å². The summed E-state index contributed by atoms with van der Waals surface area (Å²) < 4.78 is 6.48. The maximum atomic E-state index is 12.5. The number of benzene rings is 1. The third-order valence-electron chi connectivity index (χ3n) is 6.07. The first kappa shape index (κ1) is 28.5. The van der Waals surface area contributed by atoms with Gasteiger partial charge in [-0.15, -0.1) is 0 Å². The van der Waals surface area contributed by atoms with E-state index in [0.29, 0.717) is 50.8 Å². The quantitative estimate of drug-likeness (QED) is 0.242. The van der Waals surface area contributed by atoms with E-state index in [9.17, 15) is 24.4 Å². The van der Waals surface area contributed by atoms with Gasteiger partial charge in [0, 0.05) is 52.0 Å². The smallest absolute Gasteiger partial charge is 0.253 e. The molecule has 4 amide bonds. The fourth-order valence-corrected chi connectivity index (χ4v) is 4.94. The Morgan fingerprint density at radius 3 is 2.46 bits per heavy atom. The molecule has 2 N–H and O–H groups in total. The first-order valence-corrected chi connectivity index (χ1v) is 13.4. The molecule has 1 aromatic heterocycles. The van der Waals surface area contributed by atoms with Gasteiger partial charge >= 0.3 is 0 Å². The maximum Gasteiger partial charge on any atom is 0.253 e. The molecule has 1 aliphatic rings. The summed E-state index contributed by atoms with van der Waals surface area (Å²) in [4.78, 5) is 55.9. The standard InChI is InChI=1S/C25H35N5O6S/c1-3-36-19-10-11-21-20(16-19)26-25(37-21)27-22(32)17-28-12-14-29(15-13-28)23(33)8-6-4-5-7-9-24(34)30(35)18(2)31/h10-11,16,35H,3-9,12-15,17H2,1-2H3,(H,26,27,32). The summed E-state index contributed by atoms with van der Waals surface area (Å²) >= 11 is 1.42. The Balaban J connectivity index is 1.30. The van der Waals surface area contributed by atoms with Gasteiger partial charge in [0.25, 0.3) is 5.91 Å². The Bertz CT molecular complexity index is 1100. The number of ether oxygens (including phenoxy) is 1. The second kappa shape index (κ2) is 14.0. The molecule has 3 rings (SSSR count). The van der Waals surface area contributed by atoms with Gasteiger partial charge in [-0.25, -0.2) is 4.98 Å². The molecule has 2 heterocycles. The average molecular weight is 534 g/mol. The fourth-order valence-electron chi connectivity index (χ4n) is 4.08. The lowest BCUT2D eigenvalue weighted by molar-refractivity contribution is -0.177. The van der Waals surface area contributed by atoms with Crippen molar-refractivity contribution in [1.82, 2.24) is 19.8 Å². The number of nitrogens with one attached hydrogen (secondary N) is 1. The Kier molecular flexibility index (Phi) is 10.8. The first-order chi connectivity index (χ1) is 17.8. The van der Waals surface area contributed by atoms with Gasteiger partial charge in [-0.3, -0.25) is 29.3 Å². The van der Waals surface area contributed by atoms with E-state index in [1.807, 2.05) is 34.9 Å². The average Bonchev–Trinajstić information content (AvgIpc) is 3.27. The highest BCUT2D eigenvalue weighted by atomic mass is 32.1. The van der Waals surface area contributed by atoms with E-state index in [2.05, 4.69) is 10.3 Å². The molecular formula is C25H35N5O6S. The number of carbonyl (C=O) groups is 4. The molecule has 1 fully saturated rings. The Morgan fingerprint density at radius 1 is 1.08 bits per heavy atom. The van der Waals surface area contributed by atoms with Crippen LogP contribution in [0.3, 0.4) is 0 Å². The highest BCUT2D eigenvalue weighted by molar-refractivity contribution is 7.22. The van der Waals surface area contributed by atoms with Crippen LogP contribution in [0.5, 0.6) is 5.75 Å². The number of anilines is 1. The van der Waals surface area contributed by atoms with Crippen LogP contribution in [0.25, 0.3) is 10.2 Å². The van der Waals surface area contributed by atoms with Crippen LogP contribution in [0.15, 0.2) is 18.2 Å². The Labute approximate surface area is 220 Å². The van der Waals surface area contributed by atoms with Crippen molar-refractivity contribution in [3.05, 3.63) is 18.2 Å². The van der Waals surface area contributed by atoms with Gasteiger partial charge in [-0.1, -0.05) is 24.2 Å². The minimum atomic E-state index is -0.693. The lowest BCUT2D eigenvalue weighted by Gasteiger charge is -2.34. The van der Waals surface area contributed by atoms with Crippen molar-refractivity contribution >= 4 is 50.3 Å². The van der Waals surface area contributed by atoms with E-state index in [1.54, 1.807) is 0 Å². The third kappa shape index (κ3) is 8.76. The number of nitrogens with zero attached hydrogens (tertiary/aromatic N) is 4. The highest BCUT2D eigenvalue weighted by Crippen LogP contribution is 2.29. The molecule has 2 aromatic rings. The van der Waals surface area contributed by atoms with Crippen LogP contribution in [0.2, 0.25) is 0 Å². The first-order valence-electron chi connectivity index (χ1n) is 12.6. The Morgan fingerprint density at radius 2 is 1.78 bits per heavy atom. The minimum absolute atomic E-state index is 0.0965. The summed E-state index contributed by atoms with van der Waals surface area (Å²) in [5.74, 6) is -0.580. The van der Waals surface area contributed by atoms with Crippen molar-refractivity contribution in [1.29, 1.82) is 0 Å². The van der Waals surface area contributed by atoms with Crippen molar-refractivity contribution in [3.63, 3.8) is 0 Å². The fraction of sp³-hybridized carbons (Fsp3) is 0.560. The summed E-state index contributed by atoms with van der Waals surface area (Å²) in [6.45, 7) is 6.30. The normalized spacial score (nSPS) is 14.0. The number of hydrogen-bond acceptors (Lipinski definition) is 9. The van der Waals surface area contributed by atoms with Gasteiger partial charge in [-0.2, -0.15) is 5.06 Å². The number of amides is 4.